The number of hydrogen-bond acceptors (Lipinski definition) is 2. The van der Waals surface area contributed by atoms with Crippen molar-refractivity contribution in [3.63, 3.8) is 0 Å². The molecule has 1 aliphatic heterocycles. The fraction of sp³-hybridized carbons (Fsp3) is 0.571. The summed E-state index contributed by atoms with van der Waals surface area (Å²) in [5.74, 6) is -0.953. The Kier molecular flexibility index (Phi) is 6.69. The molecule has 1 fully saturated rings. The molecule has 108 valence electrons. The normalized spacial score (nSPS) is 20.1. The third-order valence-corrected chi connectivity index (χ3v) is 3.48. The number of piperazine rings is 1. The Morgan fingerprint density at radius 2 is 2.16 bits per heavy atom. The molecule has 1 saturated heterocycles. The highest BCUT2D eigenvalue weighted by atomic mass is 35.5. The maximum atomic E-state index is 13.6. The molecular weight excluding hydrogens is 270 g/mol. The van der Waals surface area contributed by atoms with Crippen molar-refractivity contribution in [2.45, 2.75) is 32.4 Å². The lowest BCUT2D eigenvalue weighted by molar-refractivity contribution is 0.142. The van der Waals surface area contributed by atoms with Crippen molar-refractivity contribution >= 4 is 12.4 Å². The topological polar surface area (TPSA) is 15.3 Å². The summed E-state index contributed by atoms with van der Waals surface area (Å²) in [6.07, 6.45) is 2.23. The number of hydrogen-bond donors (Lipinski definition) is 1. The lowest BCUT2D eigenvalue weighted by atomic mass is 10.1. The SMILES string of the molecule is CCCC1CNCCN1Cc1ccc(F)cc1F.Cl. The minimum absolute atomic E-state index is 0. The molecule has 1 heterocycles. The standard InChI is InChI=1S/C14H20F2N2.ClH/c1-2-3-13-9-17-6-7-18(13)10-11-4-5-12(15)8-14(11)16;/h4-5,8,13,17H,2-3,6-7,9-10H2,1H3;1H. The van der Waals surface area contributed by atoms with Crippen molar-refractivity contribution in [2.24, 2.45) is 0 Å². The molecule has 0 amide bonds. The van der Waals surface area contributed by atoms with Gasteiger partial charge in [-0.1, -0.05) is 19.4 Å². The monoisotopic (exact) mass is 290 g/mol. The second-order valence-corrected chi connectivity index (χ2v) is 4.85. The highest BCUT2D eigenvalue weighted by Crippen LogP contribution is 2.17. The van der Waals surface area contributed by atoms with Crippen LogP contribution < -0.4 is 5.32 Å². The first-order valence-electron chi connectivity index (χ1n) is 6.59. The van der Waals surface area contributed by atoms with E-state index in [2.05, 4.69) is 17.1 Å². The van der Waals surface area contributed by atoms with Gasteiger partial charge in [0.25, 0.3) is 0 Å². The quantitative estimate of drug-likeness (QED) is 0.917. The van der Waals surface area contributed by atoms with Gasteiger partial charge in [0, 0.05) is 43.9 Å². The van der Waals surface area contributed by atoms with Gasteiger partial charge in [-0.3, -0.25) is 4.90 Å². The highest BCUT2D eigenvalue weighted by Gasteiger charge is 2.22. The van der Waals surface area contributed by atoms with Gasteiger partial charge in [0.15, 0.2) is 0 Å². The Hall–Kier alpha value is -0.710. The summed E-state index contributed by atoms with van der Waals surface area (Å²) in [5.41, 5.74) is 0.583. The fourth-order valence-corrected chi connectivity index (χ4v) is 2.50. The van der Waals surface area contributed by atoms with Gasteiger partial charge in [-0.2, -0.15) is 0 Å². The van der Waals surface area contributed by atoms with Crippen LogP contribution in [0.1, 0.15) is 25.3 Å². The van der Waals surface area contributed by atoms with Crippen LogP contribution in [-0.4, -0.2) is 30.6 Å². The molecule has 5 heteroatoms. The number of nitrogens with one attached hydrogen (secondary N) is 1. The van der Waals surface area contributed by atoms with Crippen molar-refractivity contribution < 1.29 is 8.78 Å². The van der Waals surface area contributed by atoms with Crippen molar-refractivity contribution in [1.29, 1.82) is 0 Å². The van der Waals surface area contributed by atoms with Crippen LogP contribution in [0.15, 0.2) is 18.2 Å². The molecule has 0 spiro atoms. The Balaban J connectivity index is 0.00000180. The lowest BCUT2D eigenvalue weighted by Gasteiger charge is -2.36. The maximum absolute atomic E-state index is 13.6. The lowest BCUT2D eigenvalue weighted by Crippen LogP contribution is -2.50. The van der Waals surface area contributed by atoms with E-state index >= 15 is 0 Å². The number of halogens is 3. The van der Waals surface area contributed by atoms with Gasteiger partial charge < -0.3 is 5.32 Å². The van der Waals surface area contributed by atoms with Gasteiger partial charge in [0.2, 0.25) is 0 Å². The minimum atomic E-state index is -0.512. The van der Waals surface area contributed by atoms with E-state index < -0.39 is 11.6 Å². The van der Waals surface area contributed by atoms with E-state index in [9.17, 15) is 8.78 Å². The molecule has 0 aromatic heterocycles. The molecule has 0 saturated carbocycles. The Morgan fingerprint density at radius 3 is 2.84 bits per heavy atom. The van der Waals surface area contributed by atoms with E-state index in [1.807, 2.05) is 0 Å². The Labute approximate surface area is 119 Å². The molecule has 0 bridgehead atoms. The van der Waals surface area contributed by atoms with Gasteiger partial charge in [0.1, 0.15) is 11.6 Å². The minimum Gasteiger partial charge on any atom is -0.314 e. The molecule has 0 aliphatic carbocycles. The van der Waals surface area contributed by atoms with Crippen molar-refractivity contribution in [1.82, 2.24) is 10.2 Å². The molecule has 0 radical (unpaired) electrons. The predicted octanol–water partition coefficient (Wildman–Crippen LogP) is 2.96. The second kappa shape index (κ2) is 7.78. The Morgan fingerprint density at radius 1 is 1.37 bits per heavy atom. The summed E-state index contributed by atoms with van der Waals surface area (Å²) in [7, 11) is 0. The van der Waals surface area contributed by atoms with Crippen LogP contribution in [0.5, 0.6) is 0 Å². The van der Waals surface area contributed by atoms with Crippen LogP contribution in [0.4, 0.5) is 8.78 Å². The summed E-state index contributed by atoms with van der Waals surface area (Å²) in [5, 5.41) is 3.36. The molecule has 1 aromatic rings. The van der Waals surface area contributed by atoms with Gasteiger partial charge in [-0.05, 0) is 12.5 Å². The van der Waals surface area contributed by atoms with Crippen LogP contribution in [0.2, 0.25) is 0 Å². The number of benzene rings is 1. The van der Waals surface area contributed by atoms with Gasteiger partial charge in [-0.15, -0.1) is 12.4 Å². The first-order chi connectivity index (χ1) is 8.70. The summed E-state index contributed by atoms with van der Waals surface area (Å²) in [4.78, 5) is 2.29. The molecule has 1 unspecified atom stereocenters. The van der Waals surface area contributed by atoms with Crippen molar-refractivity contribution in [3.8, 4) is 0 Å². The maximum Gasteiger partial charge on any atom is 0.130 e. The second-order valence-electron chi connectivity index (χ2n) is 4.85. The molecule has 1 N–H and O–H groups in total. The molecule has 19 heavy (non-hydrogen) atoms. The van der Waals surface area contributed by atoms with E-state index in [4.69, 9.17) is 0 Å². The summed E-state index contributed by atoms with van der Waals surface area (Å²) < 4.78 is 26.5. The molecule has 1 aliphatic rings. The van der Waals surface area contributed by atoms with Crippen LogP contribution in [0.3, 0.4) is 0 Å². The smallest absolute Gasteiger partial charge is 0.130 e. The average Bonchev–Trinajstić information content (AvgIpc) is 2.35. The first kappa shape index (κ1) is 16.3. The van der Waals surface area contributed by atoms with Crippen LogP contribution in [-0.2, 0) is 6.54 Å². The van der Waals surface area contributed by atoms with Crippen molar-refractivity contribution in [2.75, 3.05) is 19.6 Å². The summed E-state index contributed by atoms with van der Waals surface area (Å²) in [6.45, 7) is 5.53. The third-order valence-electron chi connectivity index (χ3n) is 3.48. The number of rotatable bonds is 4. The van der Waals surface area contributed by atoms with Crippen LogP contribution >= 0.6 is 12.4 Å². The molecular formula is C14H21ClF2N2. The molecule has 2 rings (SSSR count). The van der Waals surface area contributed by atoms with Crippen LogP contribution in [0.25, 0.3) is 0 Å². The van der Waals surface area contributed by atoms with Gasteiger partial charge in [0.05, 0.1) is 0 Å². The molecule has 1 atom stereocenters. The highest BCUT2D eigenvalue weighted by molar-refractivity contribution is 5.85. The van der Waals surface area contributed by atoms with Gasteiger partial charge in [-0.25, -0.2) is 8.78 Å². The summed E-state index contributed by atoms with van der Waals surface area (Å²) in [6, 6.07) is 4.30. The van der Waals surface area contributed by atoms with E-state index in [1.54, 1.807) is 6.07 Å². The summed E-state index contributed by atoms with van der Waals surface area (Å²) >= 11 is 0. The average molecular weight is 291 g/mol. The van der Waals surface area contributed by atoms with Crippen LogP contribution in [0, 0.1) is 11.6 Å². The van der Waals surface area contributed by atoms with Crippen molar-refractivity contribution in [3.05, 3.63) is 35.4 Å². The third kappa shape index (κ3) is 4.41. The van der Waals surface area contributed by atoms with E-state index in [0.717, 1.165) is 38.5 Å². The van der Waals surface area contributed by atoms with E-state index in [1.165, 1.54) is 6.07 Å². The van der Waals surface area contributed by atoms with Gasteiger partial charge >= 0.3 is 0 Å². The van der Waals surface area contributed by atoms with E-state index in [0.29, 0.717) is 18.2 Å². The molecule has 1 aromatic carbocycles. The predicted molar refractivity (Wildman–Crippen MR) is 75.6 cm³/mol. The zero-order valence-electron chi connectivity index (χ0n) is 11.2. The zero-order valence-corrected chi connectivity index (χ0v) is 12.0. The van der Waals surface area contributed by atoms with E-state index in [-0.39, 0.29) is 12.4 Å². The first-order valence-corrected chi connectivity index (χ1v) is 6.59. The Bertz CT molecular complexity index is 399. The molecule has 2 nitrogen and oxygen atoms in total. The fourth-order valence-electron chi connectivity index (χ4n) is 2.50. The number of nitrogens with zero attached hydrogens (tertiary/aromatic N) is 1. The largest absolute Gasteiger partial charge is 0.314 e. The zero-order chi connectivity index (χ0) is 13.0.